The van der Waals surface area contributed by atoms with Gasteiger partial charge in [0.1, 0.15) is 42.8 Å². The summed E-state index contributed by atoms with van der Waals surface area (Å²) in [6, 6.07) is 15.2. The molecule has 9 atom stereocenters. The van der Waals surface area contributed by atoms with E-state index in [9.17, 15) is 48.6 Å². The number of nitrogens with one attached hydrogen (secondary N) is 5. The summed E-state index contributed by atoms with van der Waals surface area (Å²) in [4.78, 5) is 105. The van der Waals surface area contributed by atoms with E-state index in [0.29, 0.717) is 25.8 Å². The van der Waals surface area contributed by atoms with Crippen molar-refractivity contribution in [2.24, 2.45) is 17.2 Å². The number of carbonyl (C=O) groups excluding carboxylic acids is 6. The average Bonchev–Trinajstić information content (AvgIpc) is 3.84. The van der Waals surface area contributed by atoms with Crippen LogP contribution in [0.4, 0.5) is 0 Å². The highest BCUT2D eigenvalue weighted by atomic mass is 16.5. The molecule has 1 saturated heterocycles. The number of hydrogen-bond acceptors (Lipinski definition) is 13. The molecule has 6 amide bonds. The van der Waals surface area contributed by atoms with Crippen molar-refractivity contribution >= 4 is 47.4 Å². The second-order valence-corrected chi connectivity index (χ2v) is 17.4. The Morgan fingerprint density at radius 2 is 1.29 bits per heavy atom. The van der Waals surface area contributed by atoms with Crippen LogP contribution in [-0.4, -0.2) is 142 Å². The number of hydrogen-bond donors (Lipinski definition) is 11. The molecule has 1 aliphatic rings. The lowest BCUT2D eigenvalue weighted by Crippen LogP contribution is -2.61. The summed E-state index contributed by atoms with van der Waals surface area (Å²) in [5.74, 6) is -6.91. The second kappa shape index (κ2) is 27.4. The summed E-state index contributed by atoms with van der Waals surface area (Å²) >= 11 is 0. The molecule has 0 radical (unpaired) electrons. The third-order valence-corrected chi connectivity index (χ3v) is 11.8. The van der Waals surface area contributed by atoms with E-state index >= 15 is 0 Å². The van der Waals surface area contributed by atoms with Crippen LogP contribution < -0.4 is 43.8 Å². The lowest BCUT2D eigenvalue weighted by molar-refractivity contribution is -0.144. The molecule has 14 N–H and O–H groups in total. The van der Waals surface area contributed by atoms with Crippen molar-refractivity contribution < 1.29 is 58.4 Å². The van der Waals surface area contributed by atoms with Crippen LogP contribution in [0.15, 0.2) is 78.9 Å². The zero-order valence-corrected chi connectivity index (χ0v) is 39.7. The lowest BCUT2D eigenvalue weighted by Gasteiger charge is -2.32. The van der Waals surface area contributed by atoms with Crippen LogP contribution in [0.1, 0.15) is 69.6 Å². The van der Waals surface area contributed by atoms with Crippen LogP contribution >= 0.6 is 0 Å². The van der Waals surface area contributed by atoms with Gasteiger partial charge in [-0.05, 0) is 100 Å². The largest absolute Gasteiger partial charge is 0.480 e. The minimum Gasteiger partial charge on any atom is -0.480 e. The van der Waals surface area contributed by atoms with Gasteiger partial charge in [-0.3, -0.25) is 38.4 Å². The molecule has 0 spiro atoms. The molecule has 0 bridgehead atoms. The molecule has 1 fully saturated rings. The van der Waals surface area contributed by atoms with E-state index < -0.39 is 108 Å². The highest BCUT2D eigenvalue weighted by Gasteiger charge is 2.41. The van der Waals surface area contributed by atoms with Crippen molar-refractivity contribution in [1.29, 1.82) is 0 Å². The number of nitrogens with zero attached hydrogens (tertiary/aromatic N) is 1. The Balaban J connectivity index is 1.36. The Kier molecular flexibility index (Phi) is 21.9. The van der Waals surface area contributed by atoms with Crippen LogP contribution in [-0.2, 0) is 62.5 Å². The van der Waals surface area contributed by atoms with E-state index in [2.05, 4.69) is 26.6 Å². The molecule has 21 nitrogen and oxygen atoms in total. The Morgan fingerprint density at radius 3 is 1.84 bits per heavy atom. The molecule has 4 rings (SSSR count). The number of aliphatic hydroxyl groups is 1. The summed E-state index contributed by atoms with van der Waals surface area (Å²) in [5, 5.41) is 41.6. The maximum atomic E-state index is 14.0. The Bertz CT molecular complexity index is 2250. The van der Waals surface area contributed by atoms with Gasteiger partial charge in [0.25, 0.3) is 0 Å². The fraction of sp³-hybridized carbons (Fsp3) is 0.469. The van der Waals surface area contributed by atoms with Crippen LogP contribution in [0, 0.1) is 0 Å². The van der Waals surface area contributed by atoms with Crippen LogP contribution in [0.5, 0.6) is 0 Å². The summed E-state index contributed by atoms with van der Waals surface area (Å²) in [5.41, 5.74) is 21.6. The first kappa shape index (κ1) is 55.8. The van der Waals surface area contributed by atoms with Crippen molar-refractivity contribution in [3.63, 3.8) is 0 Å². The normalized spacial score (nSPS) is 16.8. The van der Waals surface area contributed by atoms with E-state index in [-0.39, 0.29) is 38.8 Å². The number of ether oxygens (including phenoxy) is 1. The Labute approximate surface area is 406 Å². The molecule has 380 valence electrons. The molecule has 3 aromatic rings. The van der Waals surface area contributed by atoms with E-state index in [1.165, 1.54) is 25.7 Å². The number of amides is 6. The number of aliphatic hydroxyl groups excluding tert-OH is 1. The van der Waals surface area contributed by atoms with Crippen LogP contribution in [0.2, 0.25) is 0 Å². The summed E-state index contributed by atoms with van der Waals surface area (Å²) in [6.45, 7) is 3.95. The molecule has 70 heavy (non-hydrogen) atoms. The van der Waals surface area contributed by atoms with Gasteiger partial charge < -0.3 is 68.7 Å². The number of rotatable bonds is 27. The third kappa shape index (κ3) is 17.0. The van der Waals surface area contributed by atoms with Gasteiger partial charge in [0.15, 0.2) is 0 Å². The van der Waals surface area contributed by atoms with Crippen molar-refractivity contribution in [3.05, 3.63) is 95.6 Å². The molecule has 0 unspecified atom stereocenters. The van der Waals surface area contributed by atoms with Gasteiger partial charge in [-0.1, -0.05) is 78.9 Å². The quantitative estimate of drug-likeness (QED) is 0.0427. The lowest BCUT2D eigenvalue weighted by atomic mass is 9.98. The van der Waals surface area contributed by atoms with Gasteiger partial charge >= 0.3 is 11.9 Å². The number of likely N-dealkylation sites (tertiary alicyclic amines) is 1. The Hall–Kier alpha value is -6.78. The van der Waals surface area contributed by atoms with Crippen molar-refractivity contribution in [1.82, 2.24) is 31.5 Å². The molecular formula is C49H67N9O12. The highest BCUT2D eigenvalue weighted by molar-refractivity contribution is 5.97. The smallest absolute Gasteiger partial charge is 0.322 e. The fourth-order valence-corrected chi connectivity index (χ4v) is 7.74. The average molecular weight is 974 g/mol. The minimum absolute atomic E-state index is 0.0753. The molecule has 1 aliphatic heterocycles. The molecular weight excluding hydrogens is 907 g/mol. The molecule has 0 saturated carbocycles. The van der Waals surface area contributed by atoms with Crippen molar-refractivity contribution in [2.75, 3.05) is 19.6 Å². The minimum atomic E-state index is -1.53. The van der Waals surface area contributed by atoms with Crippen LogP contribution in [0.25, 0.3) is 11.1 Å². The van der Waals surface area contributed by atoms with Crippen molar-refractivity contribution in [3.8, 4) is 11.1 Å². The maximum Gasteiger partial charge on any atom is 0.322 e. The van der Waals surface area contributed by atoms with Crippen molar-refractivity contribution in [2.45, 2.75) is 127 Å². The predicted octanol–water partition coefficient (Wildman–Crippen LogP) is -0.556. The highest BCUT2D eigenvalue weighted by Crippen LogP contribution is 2.23. The monoisotopic (exact) mass is 973 g/mol. The summed E-state index contributed by atoms with van der Waals surface area (Å²) < 4.78 is 5.90. The zero-order chi connectivity index (χ0) is 51.5. The number of carbonyl (C=O) groups is 8. The second-order valence-electron chi connectivity index (χ2n) is 17.4. The molecule has 0 aliphatic carbocycles. The molecule has 21 heteroatoms. The number of unbranched alkanes of at least 4 members (excludes halogenated alkanes) is 1. The van der Waals surface area contributed by atoms with Gasteiger partial charge in [-0.2, -0.15) is 0 Å². The predicted molar refractivity (Wildman–Crippen MR) is 257 cm³/mol. The number of carboxylic acids is 2. The fourth-order valence-electron chi connectivity index (χ4n) is 7.74. The van der Waals surface area contributed by atoms with E-state index in [1.807, 2.05) is 42.5 Å². The number of nitrogens with two attached hydrogens (primary N) is 3. The topological polar surface area (TPSA) is 348 Å². The maximum absolute atomic E-state index is 14.0. The first-order valence-corrected chi connectivity index (χ1v) is 23.3. The van der Waals surface area contributed by atoms with Gasteiger partial charge in [-0.15, -0.1) is 0 Å². The van der Waals surface area contributed by atoms with Gasteiger partial charge in [-0.25, -0.2) is 0 Å². The summed E-state index contributed by atoms with van der Waals surface area (Å²) in [6.07, 6.45) is -0.527. The third-order valence-electron chi connectivity index (χ3n) is 11.8. The van der Waals surface area contributed by atoms with Gasteiger partial charge in [0, 0.05) is 6.54 Å². The molecule has 1 heterocycles. The van der Waals surface area contributed by atoms with E-state index in [0.717, 1.165) is 27.8 Å². The Morgan fingerprint density at radius 1 is 0.700 bits per heavy atom. The van der Waals surface area contributed by atoms with E-state index in [4.69, 9.17) is 27.0 Å². The van der Waals surface area contributed by atoms with Gasteiger partial charge in [0.05, 0.1) is 24.9 Å². The zero-order valence-electron chi connectivity index (χ0n) is 39.7. The molecule has 0 aromatic heterocycles. The number of carboxylic acid groups (broad SMARTS) is 2. The number of aliphatic carboxylic acids is 2. The first-order chi connectivity index (χ1) is 33.3. The first-order valence-electron chi connectivity index (χ1n) is 23.3. The summed E-state index contributed by atoms with van der Waals surface area (Å²) in [7, 11) is 0. The SMILES string of the molecule is C[C@H](NC(=O)[C@@H](N)Cc1ccc(-c2ccc(C[C@H](N)C(=O)O)cc2)cc1)C(=O)N[C@H](C(=O)N1CCC[C@H]1C(=O)N[C@@H](CCCCN)C(=O)N[C@H](C(=O)NCC(=O)O)[C@@H](C)OCc1ccccc1)[C@@H](C)O. The standard InChI is InChI=1S/C49H67N9O12/c1-28(54-44(63)36(51)24-31-14-18-34(19-15-31)35-20-16-32(17-21-35)25-37(52)49(68)69)43(62)56-41(29(2)59)48(67)58-23-9-13-39(58)46(65)55-38(12-7-8-22-50)45(64)57-42(47(66)53-26-40(60)61)30(3)70-27-33-10-5-4-6-11-33/h4-6,10-11,14-21,28-30,36-39,41-42,59H,7-9,12-13,22-27,50-52H2,1-3H3,(H,53,66)(H,54,63)(H,55,65)(H,56,62)(H,57,64)(H,60,61)(H,68,69)/t28-,29+,30+,36-,37-,38-,39-,41-,42-/m0/s1. The number of benzene rings is 3. The van der Waals surface area contributed by atoms with Gasteiger partial charge in [0.2, 0.25) is 35.4 Å². The molecule has 3 aromatic carbocycles. The van der Waals surface area contributed by atoms with Crippen LogP contribution in [0.3, 0.4) is 0 Å². The van der Waals surface area contributed by atoms with E-state index in [1.54, 1.807) is 36.4 Å².